The molecule has 2 aromatic rings. The number of amides is 1. The van der Waals surface area contributed by atoms with E-state index in [0.717, 1.165) is 4.42 Å². The molecular formula is C22H25Cl2N3O6. The number of benzene rings is 2. The molecule has 2 rings (SSSR count). The highest BCUT2D eigenvalue weighted by molar-refractivity contribution is 6.39. The molecule has 0 aromatic heterocycles. The van der Waals surface area contributed by atoms with Gasteiger partial charge >= 0.3 is 0 Å². The molecule has 11 heteroatoms. The van der Waals surface area contributed by atoms with Gasteiger partial charge in [-0.25, -0.2) is 4.42 Å². The summed E-state index contributed by atoms with van der Waals surface area (Å²) in [6.45, 7) is 5.53. The van der Waals surface area contributed by atoms with Crippen LogP contribution in [0.15, 0.2) is 40.6 Å². The third-order valence-corrected chi connectivity index (χ3v) is 5.04. The average Bonchev–Trinajstić information content (AvgIpc) is 2.81. The van der Waals surface area contributed by atoms with Gasteiger partial charge in [0.2, 0.25) is 6.04 Å². The second-order valence-corrected chi connectivity index (χ2v) is 7.19. The number of azo groups is 1. The molecule has 1 unspecified atom stereocenters. The van der Waals surface area contributed by atoms with Crippen molar-refractivity contribution in [3.05, 3.63) is 35.4 Å². The van der Waals surface area contributed by atoms with Gasteiger partial charge in [-0.1, -0.05) is 11.6 Å². The summed E-state index contributed by atoms with van der Waals surface area (Å²) in [5, 5.41) is 8.15. The first kappa shape index (κ1) is 26.2. The van der Waals surface area contributed by atoms with E-state index in [2.05, 4.69) is 10.2 Å². The zero-order valence-electron chi connectivity index (χ0n) is 18.9. The molecule has 0 aliphatic heterocycles. The molecule has 0 heterocycles. The summed E-state index contributed by atoms with van der Waals surface area (Å²) < 4.78 is 22.2. The Bertz CT molecular complexity index is 1030. The number of hydrogen-bond donors (Lipinski definition) is 0. The molecule has 9 nitrogen and oxygen atoms in total. The molecular weight excluding hydrogens is 473 g/mol. The van der Waals surface area contributed by atoms with E-state index in [1.165, 1.54) is 27.2 Å². The molecule has 0 saturated heterocycles. The van der Waals surface area contributed by atoms with Crippen LogP contribution in [-0.2, 0) is 9.59 Å². The summed E-state index contributed by atoms with van der Waals surface area (Å²) in [5.74, 6) is 0.0581. The van der Waals surface area contributed by atoms with E-state index in [4.69, 9.17) is 42.3 Å². The molecule has 0 fully saturated rings. The van der Waals surface area contributed by atoms with Gasteiger partial charge in [0.05, 0.1) is 27.4 Å². The van der Waals surface area contributed by atoms with Crippen molar-refractivity contribution in [1.29, 1.82) is 0 Å². The lowest BCUT2D eigenvalue weighted by Gasteiger charge is -2.19. The standard InChI is InChI=1S/C22H25Cl2N3O6/c1-6-32-16-10-11-17(33-7-2)21(19(16)23)26-25-20(13(3)28)22(29)27(24)15-9-8-14(30-4)12-18(15)31-5/h8-12,20H,6-7H2,1-5H3. The number of methoxy groups -OCH3 is 2. The van der Waals surface area contributed by atoms with Gasteiger partial charge in [0, 0.05) is 17.8 Å². The van der Waals surface area contributed by atoms with Crippen LogP contribution in [0, 0.1) is 0 Å². The van der Waals surface area contributed by atoms with Crippen molar-refractivity contribution >= 4 is 46.4 Å². The Labute approximate surface area is 202 Å². The van der Waals surface area contributed by atoms with Crippen LogP contribution in [0.4, 0.5) is 11.4 Å². The van der Waals surface area contributed by atoms with Gasteiger partial charge < -0.3 is 18.9 Å². The number of ketones is 1. The zero-order chi connectivity index (χ0) is 24.5. The number of rotatable bonds is 11. The topological polar surface area (TPSA) is 99.0 Å². The minimum absolute atomic E-state index is 0.131. The summed E-state index contributed by atoms with van der Waals surface area (Å²) in [6.07, 6.45) is 0. The second-order valence-electron chi connectivity index (χ2n) is 6.48. The van der Waals surface area contributed by atoms with Crippen LogP contribution in [-0.4, -0.2) is 45.2 Å². The molecule has 0 aliphatic carbocycles. The van der Waals surface area contributed by atoms with Crippen LogP contribution in [0.3, 0.4) is 0 Å². The van der Waals surface area contributed by atoms with E-state index in [0.29, 0.717) is 30.5 Å². The van der Waals surface area contributed by atoms with Gasteiger partial charge in [-0.15, -0.1) is 5.11 Å². The molecule has 2 aromatic carbocycles. The van der Waals surface area contributed by atoms with Crippen LogP contribution in [0.5, 0.6) is 23.0 Å². The molecule has 0 saturated carbocycles. The van der Waals surface area contributed by atoms with Crippen molar-refractivity contribution in [2.24, 2.45) is 10.2 Å². The van der Waals surface area contributed by atoms with Crippen molar-refractivity contribution in [1.82, 2.24) is 0 Å². The normalized spacial score (nSPS) is 11.7. The number of carbonyl (C=O) groups is 2. The number of hydrogen-bond acceptors (Lipinski definition) is 8. The van der Waals surface area contributed by atoms with Gasteiger partial charge in [0.1, 0.15) is 39.4 Å². The van der Waals surface area contributed by atoms with Crippen LogP contribution >= 0.6 is 23.4 Å². The first-order valence-corrected chi connectivity index (χ1v) is 10.7. The van der Waals surface area contributed by atoms with Crippen molar-refractivity contribution in [2.75, 3.05) is 31.9 Å². The van der Waals surface area contributed by atoms with Gasteiger partial charge in [-0.2, -0.15) is 5.11 Å². The van der Waals surface area contributed by atoms with Gasteiger partial charge in [-0.3, -0.25) is 9.59 Å². The van der Waals surface area contributed by atoms with Crippen LogP contribution in [0.2, 0.25) is 5.02 Å². The first-order chi connectivity index (χ1) is 15.8. The molecule has 0 spiro atoms. The minimum atomic E-state index is -1.53. The van der Waals surface area contributed by atoms with E-state index in [1.54, 1.807) is 38.1 Å². The van der Waals surface area contributed by atoms with Gasteiger partial charge in [-0.05, 0) is 45.0 Å². The van der Waals surface area contributed by atoms with E-state index < -0.39 is 17.7 Å². The fraction of sp³-hybridized carbons (Fsp3) is 0.364. The number of carbonyl (C=O) groups excluding carboxylic acids is 2. The van der Waals surface area contributed by atoms with Gasteiger partial charge in [0.25, 0.3) is 5.91 Å². The maximum Gasteiger partial charge on any atom is 0.276 e. The van der Waals surface area contributed by atoms with Crippen molar-refractivity contribution in [3.8, 4) is 23.0 Å². The van der Waals surface area contributed by atoms with Crippen molar-refractivity contribution in [3.63, 3.8) is 0 Å². The largest absolute Gasteiger partial charge is 0.497 e. The summed E-state index contributed by atoms with van der Waals surface area (Å²) in [5.41, 5.74) is 0.337. The molecule has 0 N–H and O–H groups in total. The predicted octanol–water partition coefficient (Wildman–Crippen LogP) is 5.38. The predicted molar refractivity (Wildman–Crippen MR) is 126 cm³/mol. The highest BCUT2D eigenvalue weighted by Crippen LogP contribution is 2.42. The van der Waals surface area contributed by atoms with Crippen LogP contribution in [0.25, 0.3) is 0 Å². The molecule has 0 aliphatic rings. The number of anilines is 1. The third-order valence-electron chi connectivity index (χ3n) is 4.33. The number of ether oxygens (including phenoxy) is 4. The quantitative estimate of drug-likeness (QED) is 0.234. The molecule has 1 atom stereocenters. The highest BCUT2D eigenvalue weighted by Gasteiger charge is 2.31. The Hall–Kier alpha value is -3.04. The highest BCUT2D eigenvalue weighted by atomic mass is 35.5. The lowest BCUT2D eigenvalue weighted by atomic mass is 10.2. The Balaban J connectivity index is 2.43. The average molecular weight is 498 g/mol. The molecule has 0 bridgehead atoms. The lowest BCUT2D eigenvalue weighted by molar-refractivity contribution is -0.126. The second kappa shape index (κ2) is 12.3. The third kappa shape index (κ3) is 6.27. The minimum Gasteiger partial charge on any atom is -0.497 e. The molecule has 33 heavy (non-hydrogen) atoms. The summed E-state index contributed by atoms with van der Waals surface area (Å²) >= 11 is 12.7. The maximum absolute atomic E-state index is 13.0. The number of Topliss-reactive ketones (excluding diaryl/α,β-unsaturated/α-hetero) is 1. The Morgan fingerprint density at radius 1 is 1.00 bits per heavy atom. The number of halogens is 2. The van der Waals surface area contributed by atoms with Crippen LogP contribution < -0.4 is 23.4 Å². The lowest BCUT2D eigenvalue weighted by Crippen LogP contribution is -2.36. The fourth-order valence-electron chi connectivity index (χ4n) is 2.75. The summed E-state index contributed by atoms with van der Waals surface area (Å²) in [7, 11) is 2.91. The zero-order valence-corrected chi connectivity index (χ0v) is 20.4. The Morgan fingerprint density at radius 3 is 2.21 bits per heavy atom. The fourth-order valence-corrected chi connectivity index (χ4v) is 3.23. The molecule has 1 amide bonds. The van der Waals surface area contributed by atoms with Crippen molar-refractivity contribution < 1.29 is 28.5 Å². The van der Waals surface area contributed by atoms with E-state index in [-0.39, 0.29) is 22.1 Å². The smallest absolute Gasteiger partial charge is 0.276 e. The first-order valence-electron chi connectivity index (χ1n) is 10.00. The van der Waals surface area contributed by atoms with Gasteiger partial charge in [0.15, 0.2) is 5.78 Å². The summed E-state index contributed by atoms with van der Waals surface area (Å²) in [6, 6.07) is 6.39. The Kier molecular flexibility index (Phi) is 9.74. The molecule has 178 valence electrons. The monoisotopic (exact) mass is 497 g/mol. The van der Waals surface area contributed by atoms with Crippen LogP contribution in [0.1, 0.15) is 20.8 Å². The molecule has 0 radical (unpaired) electrons. The number of nitrogens with zero attached hydrogens (tertiary/aromatic N) is 3. The Morgan fingerprint density at radius 2 is 1.64 bits per heavy atom. The summed E-state index contributed by atoms with van der Waals surface area (Å²) in [4.78, 5) is 25.3. The SMILES string of the molecule is CCOc1ccc(OCC)c(N=NC(C(C)=O)C(=O)N(Cl)c2ccc(OC)cc2OC)c1Cl. The maximum atomic E-state index is 13.0. The van der Waals surface area contributed by atoms with E-state index >= 15 is 0 Å². The van der Waals surface area contributed by atoms with Crippen molar-refractivity contribution in [2.45, 2.75) is 26.8 Å². The van der Waals surface area contributed by atoms with E-state index in [9.17, 15) is 9.59 Å². The van der Waals surface area contributed by atoms with E-state index in [1.807, 2.05) is 0 Å².